The average Bonchev–Trinajstić information content (AvgIpc) is 2.61. The molecule has 4 N–H and O–H groups in total. The monoisotopic (exact) mass is 368 g/mol. The Hall–Kier alpha value is -3.49. The van der Waals surface area contributed by atoms with Crippen LogP contribution in [0.4, 0.5) is 11.6 Å². The molecule has 27 heavy (non-hydrogen) atoms. The van der Waals surface area contributed by atoms with Gasteiger partial charge in [0.05, 0.1) is 29.6 Å². The Labute approximate surface area is 155 Å². The first-order chi connectivity index (χ1) is 12.9. The number of nitrogens with two attached hydrogens (primary N) is 1. The van der Waals surface area contributed by atoms with Crippen LogP contribution in [-0.4, -0.2) is 32.5 Å². The van der Waals surface area contributed by atoms with Gasteiger partial charge in [-0.25, -0.2) is 14.8 Å². The number of nitrogen functional groups attached to an aromatic ring is 1. The summed E-state index contributed by atoms with van der Waals surface area (Å²) in [7, 11) is 0. The fourth-order valence-electron chi connectivity index (χ4n) is 2.71. The van der Waals surface area contributed by atoms with E-state index >= 15 is 0 Å². The second-order valence-corrected chi connectivity index (χ2v) is 5.98. The van der Waals surface area contributed by atoms with Gasteiger partial charge in [0.1, 0.15) is 0 Å². The summed E-state index contributed by atoms with van der Waals surface area (Å²) in [5.74, 6) is -0.360. The molecule has 3 aromatic rings. The zero-order valence-electron chi connectivity index (χ0n) is 15.2. The maximum atomic E-state index is 12.1. The molecular weight excluding hydrogens is 348 g/mol. The SMILES string of the molecule is CCOC(=O)c1ccc(NC(C)c2nc3c(=O)[nH]c(N)nc3nc2C)cc1. The van der Waals surface area contributed by atoms with Gasteiger partial charge in [0.2, 0.25) is 5.95 Å². The molecule has 0 aliphatic carbocycles. The van der Waals surface area contributed by atoms with Gasteiger partial charge in [-0.3, -0.25) is 9.78 Å². The minimum atomic E-state index is -0.433. The van der Waals surface area contributed by atoms with Crippen molar-refractivity contribution in [2.45, 2.75) is 26.8 Å². The third kappa shape index (κ3) is 3.86. The van der Waals surface area contributed by atoms with E-state index in [1.165, 1.54) is 0 Å². The number of carbonyl (C=O) groups excluding carboxylic acids is 1. The predicted molar refractivity (Wildman–Crippen MR) is 102 cm³/mol. The maximum absolute atomic E-state index is 12.1. The van der Waals surface area contributed by atoms with Crippen LogP contribution >= 0.6 is 0 Å². The summed E-state index contributed by atoms with van der Waals surface area (Å²) in [6, 6.07) is 6.70. The van der Waals surface area contributed by atoms with Gasteiger partial charge in [0.15, 0.2) is 11.2 Å². The lowest BCUT2D eigenvalue weighted by molar-refractivity contribution is 0.0526. The van der Waals surface area contributed by atoms with Crippen molar-refractivity contribution in [3.63, 3.8) is 0 Å². The standard InChI is InChI=1S/C18H20N6O3/c1-4-27-17(26)11-5-7-12(8-6-11)20-9(2)13-10(3)21-15-14(22-13)16(25)24-18(19)23-15/h5-9,20H,4H2,1-3H3,(H3,19,21,23,24,25). The van der Waals surface area contributed by atoms with Gasteiger partial charge in [0.25, 0.3) is 5.56 Å². The van der Waals surface area contributed by atoms with Gasteiger partial charge >= 0.3 is 5.97 Å². The van der Waals surface area contributed by atoms with Crippen molar-refractivity contribution in [3.8, 4) is 0 Å². The molecule has 0 saturated carbocycles. The van der Waals surface area contributed by atoms with Gasteiger partial charge in [-0.2, -0.15) is 4.98 Å². The number of carbonyl (C=O) groups is 1. The zero-order chi connectivity index (χ0) is 19.6. The molecule has 1 atom stereocenters. The molecule has 1 unspecified atom stereocenters. The van der Waals surface area contributed by atoms with Gasteiger partial charge in [-0.1, -0.05) is 0 Å². The molecule has 0 saturated heterocycles. The number of fused-ring (bicyclic) bond motifs is 1. The zero-order valence-corrected chi connectivity index (χ0v) is 15.2. The van der Waals surface area contributed by atoms with Crippen molar-refractivity contribution < 1.29 is 9.53 Å². The largest absolute Gasteiger partial charge is 0.462 e. The van der Waals surface area contributed by atoms with Gasteiger partial charge in [0, 0.05) is 5.69 Å². The van der Waals surface area contributed by atoms with Crippen LogP contribution in [0.1, 0.15) is 41.6 Å². The number of benzene rings is 1. The minimum absolute atomic E-state index is 0.00168. The molecule has 0 fully saturated rings. The summed E-state index contributed by atoms with van der Waals surface area (Å²) >= 11 is 0. The summed E-state index contributed by atoms with van der Waals surface area (Å²) in [4.78, 5) is 39.0. The summed E-state index contributed by atoms with van der Waals surface area (Å²) < 4.78 is 4.97. The van der Waals surface area contributed by atoms with Crippen LogP contribution in [0.5, 0.6) is 0 Å². The van der Waals surface area contributed by atoms with Crippen LogP contribution in [0.25, 0.3) is 11.2 Å². The molecule has 3 rings (SSSR count). The summed E-state index contributed by atoms with van der Waals surface area (Å²) in [5, 5.41) is 3.28. The van der Waals surface area contributed by atoms with Crippen LogP contribution in [0.15, 0.2) is 29.1 Å². The van der Waals surface area contributed by atoms with E-state index in [1.807, 2.05) is 6.92 Å². The summed E-state index contributed by atoms with van der Waals surface area (Å²) in [5.41, 5.74) is 7.99. The van der Waals surface area contributed by atoms with Crippen LogP contribution in [-0.2, 0) is 4.74 Å². The minimum Gasteiger partial charge on any atom is -0.462 e. The third-order valence-electron chi connectivity index (χ3n) is 3.96. The van der Waals surface area contributed by atoms with Crippen molar-refractivity contribution in [2.24, 2.45) is 0 Å². The summed E-state index contributed by atoms with van der Waals surface area (Å²) in [6.07, 6.45) is 0. The number of ether oxygens (including phenoxy) is 1. The Morgan fingerprint density at radius 1 is 1.26 bits per heavy atom. The molecule has 2 heterocycles. The molecule has 0 radical (unpaired) electrons. The summed E-state index contributed by atoms with van der Waals surface area (Å²) in [6.45, 7) is 5.79. The highest BCUT2D eigenvalue weighted by atomic mass is 16.5. The molecule has 9 nitrogen and oxygen atoms in total. The number of aryl methyl sites for hydroxylation is 1. The number of nitrogens with one attached hydrogen (secondary N) is 2. The van der Waals surface area contributed by atoms with Crippen molar-refractivity contribution in [3.05, 3.63) is 51.6 Å². The molecule has 1 aromatic carbocycles. The number of esters is 1. The molecule has 2 aromatic heterocycles. The first-order valence-corrected chi connectivity index (χ1v) is 8.46. The highest BCUT2D eigenvalue weighted by molar-refractivity contribution is 5.89. The van der Waals surface area contributed by atoms with Crippen LogP contribution in [0.3, 0.4) is 0 Å². The maximum Gasteiger partial charge on any atom is 0.338 e. The van der Waals surface area contributed by atoms with Gasteiger partial charge < -0.3 is 15.8 Å². The van der Waals surface area contributed by atoms with E-state index in [-0.39, 0.29) is 29.1 Å². The van der Waals surface area contributed by atoms with E-state index in [0.717, 1.165) is 5.69 Å². The second-order valence-electron chi connectivity index (χ2n) is 5.98. The predicted octanol–water partition coefficient (Wildman–Crippen LogP) is 1.95. The molecular formula is C18H20N6O3. The number of aromatic amines is 1. The van der Waals surface area contributed by atoms with Crippen LogP contribution in [0.2, 0.25) is 0 Å². The Morgan fingerprint density at radius 2 is 1.96 bits per heavy atom. The topological polar surface area (TPSA) is 136 Å². The number of hydrogen-bond acceptors (Lipinski definition) is 8. The molecule has 0 bridgehead atoms. The first kappa shape index (κ1) is 18.3. The number of nitrogens with zero attached hydrogens (tertiary/aromatic N) is 3. The Bertz CT molecular complexity index is 1050. The Morgan fingerprint density at radius 3 is 2.63 bits per heavy atom. The van der Waals surface area contributed by atoms with E-state index in [9.17, 15) is 9.59 Å². The van der Waals surface area contributed by atoms with E-state index in [1.54, 1.807) is 38.1 Å². The normalized spacial score (nSPS) is 12.0. The fraction of sp³-hybridized carbons (Fsp3) is 0.278. The lowest BCUT2D eigenvalue weighted by Gasteiger charge is -2.17. The molecule has 140 valence electrons. The number of H-pyrrole nitrogens is 1. The van der Waals surface area contributed by atoms with Gasteiger partial charge in [-0.15, -0.1) is 0 Å². The molecule has 0 spiro atoms. The van der Waals surface area contributed by atoms with Crippen molar-refractivity contribution in [1.82, 2.24) is 19.9 Å². The number of anilines is 2. The van der Waals surface area contributed by atoms with E-state index in [0.29, 0.717) is 23.6 Å². The van der Waals surface area contributed by atoms with E-state index in [2.05, 4.69) is 25.3 Å². The number of aromatic nitrogens is 4. The third-order valence-corrected chi connectivity index (χ3v) is 3.96. The number of hydrogen-bond donors (Lipinski definition) is 3. The molecule has 0 aliphatic heterocycles. The lowest BCUT2D eigenvalue weighted by Crippen LogP contribution is -2.18. The van der Waals surface area contributed by atoms with Crippen LogP contribution < -0.4 is 16.6 Å². The van der Waals surface area contributed by atoms with Crippen molar-refractivity contribution >= 4 is 28.8 Å². The first-order valence-electron chi connectivity index (χ1n) is 8.46. The van der Waals surface area contributed by atoms with Crippen molar-refractivity contribution in [2.75, 3.05) is 17.7 Å². The second kappa shape index (κ2) is 7.40. The highest BCUT2D eigenvalue weighted by Crippen LogP contribution is 2.21. The van der Waals surface area contributed by atoms with Crippen molar-refractivity contribution in [1.29, 1.82) is 0 Å². The van der Waals surface area contributed by atoms with Crippen LogP contribution in [0, 0.1) is 6.92 Å². The highest BCUT2D eigenvalue weighted by Gasteiger charge is 2.16. The lowest BCUT2D eigenvalue weighted by atomic mass is 10.1. The molecule has 9 heteroatoms. The Balaban J connectivity index is 1.85. The molecule has 0 aliphatic rings. The average molecular weight is 368 g/mol. The van der Waals surface area contributed by atoms with E-state index < -0.39 is 5.56 Å². The van der Waals surface area contributed by atoms with Gasteiger partial charge in [-0.05, 0) is 45.0 Å². The quantitative estimate of drug-likeness (QED) is 0.581. The smallest absolute Gasteiger partial charge is 0.338 e. The number of rotatable bonds is 5. The Kier molecular flexibility index (Phi) is 5.02. The van der Waals surface area contributed by atoms with E-state index in [4.69, 9.17) is 10.5 Å². The fourth-order valence-corrected chi connectivity index (χ4v) is 2.71. The molecule has 0 amide bonds.